The zero-order chi connectivity index (χ0) is 40.7. The average Bonchev–Trinajstić information content (AvgIpc) is 3.12. The number of hydrogen-bond acceptors (Lipinski definition) is 13. The summed E-state index contributed by atoms with van der Waals surface area (Å²) in [6, 6.07) is 6.31. The van der Waals surface area contributed by atoms with E-state index < -0.39 is 83.7 Å². The molecule has 2 fully saturated rings. The molecule has 0 spiro atoms. The Hall–Kier alpha value is -2.85. The van der Waals surface area contributed by atoms with Crippen LogP contribution in [0.5, 0.6) is 5.75 Å². The molecular weight excluding hydrogens is 700 g/mol. The van der Waals surface area contributed by atoms with Crippen molar-refractivity contribution in [1.29, 1.82) is 0 Å². The lowest BCUT2D eigenvalue weighted by Crippen LogP contribution is -2.61. The molecule has 1 aromatic rings. The molecule has 0 aliphatic carbocycles. The van der Waals surface area contributed by atoms with Crippen molar-refractivity contribution in [1.82, 2.24) is 10.2 Å². The number of aromatic hydroxyl groups is 1. The fourth-order valence-electron chi connectivity index (χ4n) is 8.35. The second kappa shape index (κ2) is 19.3. The van der Waals surface area contributed by atoms with Crippen LogP contribution >= 0.6 is 0 Å². The first-order valence-electron chi connectivity index (χ1n) is 19.1. The summed E-state index contributed by atoms with van der Waals surface area (Å²) < 4.78 is 37.0. The van der Waals surface area contributed by atoms with Gasteiger partial charge >= 0.3 is 12.1 Å². The molecule has 2 aliphatic rings. The fraction of sp³-hybridized carbons (Fsp3) is 0.775. The van der Waals surface area contributed by atoms with Crippen molar-refractivity contribution >= 4 is 17.8 Å². The second-order valence-corrected chi connectivity index (χ2v) is 16.0. The summed E-state index contributed by atoms with van der Waals surface area (Å²) >= 11 is 0. The lowest BCUT2D eigenvalue weighted by molar-refractivity contribution is -0.301. The van der Waals surface area contributed by atoms with E-state index in [1.165, 1.54) is 21.1 Å². The Morgan fingerprint density at radius 3 is 2.20 bits per heavy atom. The molecule has 0 bridgehead atoms. The molecule has 1 aromatic carbocycles. The number of cyclic esters (lactones) is 1. The van der Waals surface area contributed by atoms with Gasteiger partial charge in [0.1, 0.15) is 35.4 Å². The Labute approximate surface area is 321 Å². The normalized spacial score (nSPS) is 38.7. The number of ether oxygens (including phenoxy) is 6. The van der Waals surface area contributed by atoms with Crippen molar-refractivity contribution in [2.75, 3.05) is 34.9 Å². The summed E-state index contributed by atoms with van der Waals surface area (Å²) in [5.74, 6) is -4.19. The number of likely N-dealkylation sites (N-methyl/N-ethyl adjacent to an activating group) is 1. The molecule has 14 atom stereocenters. The van der Waals surface area contributed by atoms with Gasteiger partial charge in [-0.3, -0.25) is 9.59 Å². The minimum Gasteiger partial charge on any atom is -0.508 e. The number of benzene rings is 1. The highest BCUT2D eigenvalue weighted by Gasteiger charge is 2.53. The first-order chi connectivity index (χ1) is 25.2. The molecule has 2 saturated heterocycles. The van der Waals surface area contributed by atoms with Crippen LogP contribution in [0.3, 0.4) is 0 Å². The van der Waals surface area contributed by atoms with E-state index in [4.69, 9.17) is 28.4 Å². The molecule has 2 heterocycles. The number of methoxy groups -OCH3 is 2. The summed E-state index contributed by atoms with van der Waals surface area (Å²) in [5.41, 5.74) is -2.16. The highest BCUT2D eigenvalue weighted by molar-refractivity contribution is 5.83. The van der Waals surface area contributed by atoms with E-state index in [1.54, 1.807) is 65.8 Å². The van der Waals surface area contributed by atoms with Gasteiger partial charge in [0.25, 0.3) is 0 Å². The van der Waals surface area contributed by atoms with Gasteiger partial charge in [0.2, 0.25) is 0 Å². The molecule has 3 rings (SSSR count). The molecule has 0 saturated carbocycles. The first kappa shape index (κ1) is 45.5. The number of aliphatic hydroxyl groups is 2. The Balaban J connectivity index is 2.13. The van der Waals surface area contributed by atoms with Crippen molar-refractivity contribution in [2.24, 2.45) is 23.7 Å². The van der Waals surface area contributed by atoms with Crippen LogP contribution in [0.2, 0.25) is 0 Å². The van der Waals surface area contributed by atoms with E-state index >= 15 is 0 Å². The summed E-state index contributed by atoms with van der Waals surface area (Å²) in [4.78, 5) is 43.7. The number of nitrogens with one attached hydrogen (secondary N) is 1. The molecule has 2 aliphatic heterocycles. The molecule has 1 amide bonds. The van der Waals surface area contributed by atoms with Crippen LogP contribution in [0.4, 0.5) is 4.79 Å². The number of aliphatic hydroxyl groups excluding tert-OH is 1. The molecule has 308 valence electrons. The predicted molar refractivity (Wildman–Crippen MR) is 201 cm³/mol. The largest absolute Gasteiger partial charge is 0.508 e. The minimum absolute atomic E-state index is 0.122. The van der Waals surface area contributed by atoms with Crippen LogP contribution < -0.4 is 5.32 Å². The average molecular weight is 767 g/mol. The topological polar surface area (TPSA) is 183 Å². The van der Waals surface area contributed by atoms with Crippen molar-refractivity contribution in [2.45, 2.75) is 141 Å². The molecular formula is C40H66N2O12. The quantitative estimate of drug-likeness (QED) is 0.252. The number of nitrogens with zero attached hydrogens (tertiary/aromatic N) is 1. The van der Waals surface area contributed by atoms with E-state index in [0.717, 1.165) is 5.56 Å². The zero-order valence-electron chi connectivity index (χ0n) is 34.2. The van der Waals surface area contributed by atoms with E-state index in [2.05, 4.69) is 5.32 Å². The number of esters is 1. The van der Waals surface area contributed by atoms with Gasteiger partial charge in [0, 0.05) is 44.6 Å². The number of hydrogen-bond donors (Lipinski definition) is 4. The number of Topliss-reactive ketones (excluding diaryl/α,β-unsaturated/α-hetero) is 1. The lowest BCUT2D eigenvalue weighted by atomic mass is 9.73. The minimum atomic E-state index is -1.77. The van der Waals surface area contributed by atoms with Crippen LogP contribution in [0.1, 0.15) is 80.2 Å². The van der Waals surface area contributed by atoms with Crippen molar-refractivity contribution in [3.63, 3.8) is 0 Å². The maximum atomic E-state index is 14.2. The van der Waals surface area contributed by atoms with Gasteiger partial charge in [0.15, 0.2) is 6.29 Å². The van der Waals surface area contributed by atoms with Crippen LogP contribution in [-0.2, 0) is 44.4 Å². The van der Waals surface area contributed by atoms with Crippen LogP contribution in [0.25, 0.3) is 0 Å². The van der Waals surface area contributed by atoms with Gasteiger partial charge in [-0.05, 0) is 85.2 Å². The van der Waals surface area contributed by atoms with Gasteiger partial charge in [0.05, 0.1) is 29.8 Å². The lowest BCUT2D eigenvalue weighted by Gasteiger charge is -2.48. The van der Waals surface area contributed by atoms with Crippen molar-refractivity contribution < 1.29 is 58.1 Å². The number of rotatable bonds is 10. The fourth-order valence-corrected chi connectivity index (χ4v) is 8.35. The SMILES string of the molecule is CC[C@H]1OC(=O)[C@H](C)[C@@H](OC(=O)NCCc2ccc(O)cc2)[C@H](C)[C@@H](O[C@@H]2O[C@H](C)C[C@H](N(C)C)[C@H]2O)[C@](C)(OC)C[C@@H](C)C(=O)[C@H](C)[C@@H](OC)[C@]1(C)O. The maximum Gasteiger partial charge on any atom is 0.407 e. The van der Waals surface area contributed by atoms with E-state index in [0.29, 0.717) is 12.8 Å². The molecule has 54 heavy (non-hydrogen) atoms. The number of carbonyl (C=O) groups excluding carboxylic acids is 3. The third-order valence-corrected chi connectivity index (χ3v) is 11.6. The highest BCUT2D eigenvalue weighted by Crippen LogP contribution is 2.40. The molecule has 0 unspecified atom stereocenters. The third kappa shape index (κ3) is 10.7. The number of carbonyl (C=O) groups is 3. The monoisotopic (exact) mass is 766 g/mol. The maximum absolute atomic E-state index is 14.2. The van der Waals surface area contributed by atoms with Gasteiger partial charge in [-0.2, -0.15) is 0 Å². The van der Waals surface area contributed by atoms with Crippen LogP contribution in [-0.4, -0.2) is 133 Å². The van der Waals surface area contributed by atoms with Crippen molar-refractivity contribution in [3.05, 3.63) is 29.8 Å². The summed E-state index contributed by atoms with van der Waals surface area (Å²) in [6.45, 7) is 13.9. The molecule has 0 radical (unpaired) electrons. The van der Waals surface area contributed by atoms with Gasteiger partial charge in [-0.15, -0.1) is 0 Å². The zero-order valence-corrected chi connectivity index (χ0v) is 34.2. The standard InChI is InChI=1S/C40H66N2O12/c1-13-30-40(8,48)35(49-11)24(4)31(44)22(2)21-39(7,50-12)34(54-37-32(45)29(42(9)10)20-23(3)51-37)25(5)33(26(6)36(46)52-30)53-38(47)41-19-18-27-14-16-28(43)17-15-27/h14-17,22-26,29-30,32-35,37,43,45,48H,13,18-21H2,1-12H3,(H,41,47)/t22-,23-,24+,25+,26-,29+,30-,32-,33+,34-,35-,37+,39-,40-/m1/s1. The Bertz CT molecular complexity index is 1370. The van der Waals surface area contributed by atoms with E-state index in [1.807, 2.05) is 25.9 Å². The molecule has 4 N–H and O–H groups in total. The van der Waals surface area contributed by atoms with Crippen molar-refractivity contribution in [3.8, 4) is 5.75 Å². The molecule has 0 aromatic heterocycles. The van der Waals surface area contributed by atoms with Gasteiger partial charge < -0.3 is 54.0 Å². The molecule has 14 nitrogen and oxygen atoms in total. The number of amides is 1. The predicted octanol–water partition coefficient (Wildman–Crippen LogP) is 3.85. The molecule has 14 heteroatoms. The Kier molecular flexibility index (Phi) is 16.3. The number of phenols is 1. The Morgan fingerprint density at radius 1 is 1.02 bits per heavy atom. The smallest absolute Gasteiger partial charge is 0.407 e. The first-order valence-corrected chi connectivity index (χ1v) is 19.1. The number of ketones is 1. The van der Waals surface area contributed by atoms with Crippen LogP contribution in [0, 0.1) is 23.7 Å². The Morgan fingerprint density at radius 2 is 1.65 bits per heavy atom. The highest BCUT2D eigenvalue weighted by atomic mass is 16.7. The van der Waals surface area contributed by atoms with Crippen LogP contribution in [0.15, 0.2) is 24.3 Å². The summed E-state index contributed by atoms with van der Waals surface area (Å²) in [6.07, 6.45) is -6.27. The summed E-state index contributed by atoms with van der Waals surface area (Å²) in [5, 5.41) is 35.8. The van der Waals surface area contributed by atoms with Gasteiger partial charge in [-0.1, -0.05) is 39.8 Å². The third-order valence-electron chi connectivity index (χ3n) is 11.6. The summed E-state index contributed by atoms with van der Waals surface area (Å²) in [7, 11) is 6.63. The number of alkyl carbamates (subject to hydrolysis) is 1. The van der Waals surface area contributed by atoms with E-state index in [9.17, 15) is 29.7 Å². The second-order valence-electron chi connectivity index (χ2n) is 16.0. The number of phenolic OH excluding ortho intramolecular Hbond substituents is 1. The van der Waals surface area contributed by atoms with E-state index in [-0.39, 0.29) is 43.1 Å². The van der Waals surface area contributed by atoms with Gasteiger partial charge in [-0.25, -0.2) is 4.79 Å².